The van der Waals surface area contributed by atoms with Crippen molar-refractivity contribution in [3.8, 4) is 0 Å². The lowest BCUT2D eigenvalue weighted by atomic mass is 9.83. The molecule has 0 aromatic carbocycles. The van der Waals surface area contributed by atoms with Gasteiger partial charge in [0.05, 0.1) is 17.9 Å². The van der Waals surface area contributed by atoms with E-state index in [4.69, 9.17) is 0 Å². The molecule has 0 saturated carbocycles. The number of pyridine rings is 1. The van der Waals surface area contributed by atoms with Gasteiger partial charge in [0.2, 0.25) is 10.0 Å². The van der Waals surface area contributed by atoms with Crippen molar-refractivity contribution in [3.05, 3.63) is 30.1 Å². The van der Waals surface area contributed by atoms with E-state index in [2.05, 4.69) is 4.98 Å². The predicted molar refractivity (Wildman–Crippen MR) is 84.3 cm³/mol. The van der Waals surface area contributed by atoms with Crippen LogP contribution in [0, 0.1) is 0 Å². The van der Waals surface area contributed by atoms with Crippen LogP contribution in [0.15, 0.2) is 24.5 Å². The van der Waals surface area contributed by atoms with Gasteiger partial charge in [0.1, 0.15) is 0 Å². The number of hydrogen-bond donors (Lipinski definition) is 1. The highest BCUT2D eigenvalue weighted by Crippen LogP contribution is 2.40. The second kappa shape index (κ2) is 5.85. The van der Waals surface area contributed by atoms with E-state index in [1.807, 2.05) is 0 Å². The molecule has 0 radical (unpaired) electrons. The molecule has 2 aliphatic rings. The lowest BCUT2D eigenvalue weighted by Gasteiger charge is -2.47. The third-order valence-electron chi connectivity index (χ3n) is 4.91. The van der Waals surface area contributed by atoms with Gasteiger partial charge in [-0.1, -0.05) is 0 Å². The number of nitrogens with zero attached hydrogens (tertiary/aromatic N) is 3. The van der Waals surface area contributed by atoms with Crippen molar-refractivity contribution in [1.82, 2.24) is 14.2 Å². The van der Waals surface area contributed by atoms with Crippen LogP contribution < -0.4 is 0 Å². The molecule has 1 N–H and O–H groups in total. The molecule has 126 valence electrons. The first-order valence-electron chi connectivity index (χ1n) is 7.70. The Kier molecular flexibility index (Phi) is 4.16. The van der Waals surface area contributed by atoms with Crippen LogP contribution in [0.25, 0.3) is 0 Å². The monoisotopic (exact) mass is 339 g/mol. The Bertz CT molecular complexity index is 694. The molecule has 2 aliphatic heterocycles. The molecule has 7 nitrogen and oxygen atoms in total. The second-order valence-electron chi connectivity index (χ2n) is 6.30. The standard InChI is InChI=1S/C15H21N3O4S/c1-23(21,22)18-9-2-5-15(18)6-10-17(11-13(15)19)14(20)12-3-7-16-8-4-12/h3-4,7-8,13,19H,2,5-6,9-11H2,1H3/t13-,15-/m0/s1. The van der Waals surface area contributed by atoms with Crippen LogP contribution in [0.2, 0.25) is 0 Å². The van der Waals surface area contributed by atoms with Crippen molar-refractivity contribution in [2.24, 2.45) is 0 Å². The van der Waals surface area contributed by atoms with E-state index >= 15 is 0 Å². The van der Waals surface area contributed by atoms with Gasteiger partial charge >= 0.3 is 0 Å². The summed E-state index contributed by atoms with van der Waals surface area (Å²) in [5, 5.41) is 10.6. The summed E-state index contributed by atoms with van der Waals surface area (Å²) in [5.41, 5.74) is -0.239. The van der Waals surface area contributed by atoms with Crippen LogP contribution in [-0.4, -0.2) is 71.2 Å². The van der Waals surface area contributed by atoms with E-state index in [0.29, 0.717) is 31.5 Å². The molecule has 1 aromatic rings. The molecule has 0 bridgehead atoms. The third-order valence-corrected chi connectivity index (χ3v) is 6.26. The minimum atomic E-state index is -3.37. The van der Waals surface area contributed by atoms with Crippen LogP contribution in [-0.2, 0) is 10.0 Å². The summed E-state index contributed by atoms with van der Waals surface area (Å²) in [6.07, 6.45) is 5.24. The SMILES string of the molecule is CS(=O)(=O)N1CCC[C@@]12CCN(C(=O)c1ccncc1)C[C@@H]2O. The van der Waals surface area contributed by atoms with Crippen molar-refractivity contribution in [3.63, 3.8) is 0 Å². The number of carbonyl (C=O) groups excluding carboxylic acids is 1. The molecule has 1 spiro atoms. The fraction of sp³-hybridized carbons (Fsp3) is 0.600. The minimum Gasteiger partial charge on any atom is -0.389 e. The number of rotatable bonds is 2. The molecule has 1 amide bonds. The summed E-state index contributed by atoms with van der Waals surface area (Å²) in [6, 6.07) is 3.27. The van der Waals surface area contributed by atoms with E-state index in [0.717, 1.165) is 6.42 Å². The number of carbonyl (C=O) groups is 1. The van der Waals surface area contributed by atoms with E-state index in [9.17, 15) is 18.3 Å². The van der Waals surface area contributed by atoms with Gasteiger partial charge in [-0.2, -0.15) is 4.31 Å². The zero-order chi connectivity index (χ0) is 16.7. The number of sulfonamides is 1. The summed E-state index contributed by atoms with van der Waals surface area (Å²) in [4.78, 5) is 18.0. The first-order chi connectivity index (χ1) is 10.8. The Hall–Kier alpha value is -1.51. The first kappa shape index (κ1) is 16.4. The van der Waals surface area contributed by atoms with Crippen molar-refractivity contribution in [2.45, 2.75) is 30.9 Å². The molecule has 2 saturated heterocycles. The van der Waals surface area contributed by atoms with Gasteiger partial charge in [0.15, 0.2) is 0 Å². The van der Waals surface area contributed by atoms with Crippen molar-refractivity contribution >= 4 is 15.9 Å². The van der Waals surface area contributed by atoms with E-state index < -0.39 is 21.7 Å². The number of β-amino-alcohol motifs (C(OH)–C–C–N with tert-alkyl or cyclic N) is 1. The molecular weight excluding hydrogens is 318 g/mol. The number of aliphatic hydroxyl groups excluding tert-OH is 1. The lowest BCUT2D eigenvalue weighted by Crippen LogP contribution is -2.63. The number of likely N-dealkylation sites (tertiary alicyclic amines) is 1. The van der Waals surface area contributed by atoms with E-state index in [1.54, 1.807) is 29.4 Å². The largest absolute Gasteiger partial charge is 0.389 e. The Labute approximate surface area is 136 Å². The molecule has 0 unspecified atom stereocenters. The number of piperidine rings is 1. The Morgan fingerprint density at radius 2 is 2.00 bits per heavy atom. The Balaban J connectivity index is 1.79. The topological polar surface area (TPSA) is 90.8 Å². The maximum Gasteiger partial charge on any atom is 0.254 e. The van der Waals surface area contributed by atoms with Gasteiger partial charge in [0, 0.05) is 37.6 Å². The van der Waals surface area contributed by atoms with Crippen LogP contribution in [0.4, 0.5) is 0 Å². The molecule has 23 heavy (non-hydrogen) atoms. The van der Waals surface area contributed by atoms with Crippen molar-refractivity contribution in [2.75, 3.05) is 25.9 Å². The van der Waals surface area contributed by atoms with Gasteiger partial charge in [-0.3, -0.25) is 9.78 Å². The van der Waals surface area contributed by atoms with Crippen LogP contribution in [0.3, 0.4) is 0 Å². The van der Waals surface area contributed by atoms with Gasteiger partial charge in [-0.25, -0.2) is 8.42 Å². The molecular formula is C15H21N3O4S. The fourth-order valence-electron chi connectivity index (χ4n) is 3.78. The number of hydrogen-bond acceptors (Lipinski definition) is 5. The van der Waals surface area contributed by atoms with Crippen LogP contribution in [0.1, 0.15) is 29.6 Å². The van der Waals surface area contributed by atoms with Crippen molar-refractivity contribution < 1.29 is 18.3 Å². The molecule has 3 heterocycles. The second-order valence-corrected chi connectivity index (χ2v) is 8.20. The highest BCUT2D eigenvalue weighted by Gasteiger charge is 2.53. The molecule has 8 heteroatoms. The number of aliphatic hydroxyl groups is 1. The molecule has 1 aromatic heterocycles. The predicted octanol–water partition coefficient (Wildman–Crippen LogP) is 0.0826. The third kappa shape index (κ3) is 2.86. The average Bonchev–Trinajstić information content (AvgIpc) is 2.95. The van der Waals surface area contributed by atoms with Gasteiger partial charge in [-0.15, -0.1) is 0 Å². The Morgan fingerprint density at radius 1 is 1.30 bits per heavy atom. The minimum absolute atomic E-state index is 0.146. The molecule has 0 aliphatic carbocycles. The van der Waals surface area contributed by atoms with Crippen LogP contribution >= 0.6 is 0 Å². The Morgan fingerprint density at radius 3 is 2.61 bits per heavy atom. The van der Waals surface area contributed by atoms with Gasteiger partial charge in [-0.05, 0) is 31.4 Å². The number of aromatic nitrogens is 1. The average molecular weight is 339 g/mol. The van der Waals surface area contributed by atoms with Crippen LogP contribution in [0.5, 0.6) is 0 Å². The van der Waals surface area contributed by atoms with E-state index in [1.165, 1.54) is 10.6 Å². The molecule has 3 rings (SSSR count). The summed E-state index contributed by atoms with van der Waals surface area (Å²) in [5.74, 6) is -0.162. The maximum absolute atomic E-state index is 12.5. The highest BCUT2D eigenvalue weighted by atomic mass is 32.2. The smallest absolute Gasteiger partial charge is 0.254 e. The lowest BCUT2D eigenvalue weighted by molar-refractivity contribution is -0.0292. The zero-order valence-electron chi connectivity index (χ0n) is 13.1. The normalized spacial score (nSPS) is 29.1. The quantitative estimate of drug-likeness (QED) is 0.824. The zero-order valence-corrected chi connectivity index (χ0v) is 13.9. The molecule has 2 fully saturated rings. The first-order valence-corrected chi connectivity index (χ1v) is 9.55. The molecule has 2 atom stereocenters. The fourth-order valence-corrected chi connectivity index (χ4v) is 5.21. The summed E-state index contributed by atoms with van der Waals surface area (Å²) in [7, 11) is -3.37. The maximum atomic E-state index is 12.5. The summed E-state index contributed by atoms with van der Waals surface area (Å²) in [6.45, 7) is 1.02. The summed E-state index contributed by atoms with van der Waals surface area (Å²) >= 11 is 0. The van der Waals surface area contributed by atoms with E-state index in [-0.39, 0.29) is 12.5 Å². The highest BCUT2D eigenvalue weighted by molar-refractivity contribution is 7.88. The summed E-state index contributed by atoms with van der Waals surface area (Å²) < 4.78 is 25.5. The van der Waals surface area contributed by atoms with Crippen molar-refractivity contribution in [1.29, 1.82) is 0 Å². The van der Waals surface area contributed by atoms with Gasteiger partial charge in [0.25, 0.3) is 5.91 Å². The van der Waals surface area contributed by atoms with Gasteiger partial charge < -0.3 is 10.0 Å². The number of amides is 1.